The summed E-state index contributed by atoms with van der Waals surface area (Å²) in [6, 6.07) is 6.58. The maximum atomic E-state index is 9.99. The Morgan fingerprint density at radius 1 is 1.31 bits per heavy atom. The fourth-order valence-corrected chi connectivity index (χ4v) is 1.46. The zero-order chi connectivity index (χ0) is 12.3. The summed E-state index contributed by atoms with van der Waals surface area (Å²) in [4.78, 5) is 0. The SMILES string of the molecule is CC(C)(C)[C@H](N)C[C@H](O)c1cccc(O)c1. The van der Waals surface area contributed by atoms with Crippen molar-refractivity contribution in [3.05, 3.63) is 29.8 Å². The topological polar surface area (TPSA) is 66.5 Å². The molecule has 1 aromatic rings. The van der Waals surface area contributed by atoms with Gasteiger partial charge in [-0.15, -0.1) is 0 Å². The molecule has 1 aromatic carbocycles. The lowest BCUT2D eigenvalue weighted by Gasteiger charge is -2.29. The third-order valence-electron chi connectivity index (χ3n) is 2.84. The predicted octanol–water partition coefficient (Wildman–Crippen LogP) is 2.19. The van der Waals surface area contributed by atoms with E-state index in [1.54, 1.807) is 24.3 Å². The average Bonchev–Trinajstić information content (AvgIpc) is 2.16. The number of aliphatic hydroxyl groups excluding tert-OH is 1. The van der Waals surface area contributed by atoms with E-state index in [9.17, 15) is 10.2 Å². The van der Waals surface area contributed by atoms with Gasteiger partial charge in [-0.05, 0) is 29.5 Å². The van der Waals surface area contributed by atoms with E-state index in [1.165, 1.54) is 0 Å². The highest BCUT2D eigenvalue weighted by molar-refractivity contribution is 5.28. The molecular formula is C13H21NO2. The van der Waals surface area contributed by atoms with Crippen molar-refractivity contribution in [2.24, 2.45) is 11.1 Å². The predicted molar refractivity (Wildman–Crippen MR) is 65.1 cm³/mol. The van der Waals surface area contributed by atoms with Gasteiger partial charge in [0.2, 0.25) is 0 Å². The molecule has 0 radical (unpaired) electrons. The summed E-state index contributed by atoms with van der Waals surface area (Å²) in [7, 11) is 0. The molecule has 0 spiro atoms. The third-order valence-corrected chi connectivity index (χ3v) is 2.84. The number of rotatable bonds is 3. The first-order valence-corrected chi connectivity index (χ1v) is 5.53. The van der Waals surface area contributed by atoms with Crippen LogP contribution in [-0.4, -0.2) is 16.3 Å². The first-order chi connectivity index (χ1) is 7.30. The summed E-state index contributed by atoms with van der Waals surface area (Å²) >= 11 is 0. The van der Waals surface area contributed by atoms with E-state index in [0.717, 1.165) is 0 Å². The minimum Gasteiger partial charge on any atom is -0.508 e. The van der Waals surface area contributed by atoms with Gasteiger partial charge in [0.05, 0.1) is 6.10 Å². The molecule has 1 rings (SSSR count). The molecule has 90 valence electrons. The number of aromatic hydroxyl groups is 1. The summed E-state index contributed by atoms with van der Waals surface area (Å²) in [5.41, 5.74) is 6.68. The molecule has 16 heavy (non-hydrogen) atoms. The van der Waals surface area contributed by atoms with Crippen LogP contribution >= 0.6 is 0 Å². The van der Waals surface area contributed by atoms with E-state index in [2.05, 4.69) is 0 Å². The van der Waals surface area contributed by atoms with Crippen LogP contribution in [0.2, 0.25) is 0 Å². The van der Waals surface area contributed by atoms with Crippen molar-refractivity contribution in [1.29, 1.82) is 0 Å². The van der Waals surface area contributed by atoms with Gasteiger partial charge >= 0.3 is 0 Å². The fraction of sp³-hybridized carbons (Fsp3) is 0.538. The van der Waals surface area contributed by atoms with Gasteiger partial charge in [-0.3, -0.25) is 0 Å². The van der Waals surface area contributed by atoms with Crippen molar-refractivity contribution in [3.8, 4) is 5.75 Å². The van der Waals surface area contributed by atoms with Crippen molar-refractivity contribution in [2.45, 2.75) is 39.3 Å². The van der Waals surface area contributed by atoms with E-state index in [4.69, 9.17) is 5.73 Å². The molecule has 0 fully saturated rings. The highest BCUT2D eigenvalue weighted by Gasteiger charge is 2.23. The van der Waals surface area contributed by atoms with Crippen LogP contribution in [-0.2, 0) is 0 Å². The minimum absolute atomic E-state index is 0.0300. The smallest absolute Gasteiger partial charge is 0.115 e. The lowest BCUT2D eigenvalue weighted by atomic mass is 9.83. The third kappa shape index (κ3) is 3.51. The van der Waals surface area contributed by atoms with Crippen molar-refractivity contribution in [2.75, 3.05) is 0 Å². The molecule has 0 amide bonds. The number of hydrogen-bond acceptors (Lipinski definition) is 3. The lowest BCUT2D eigenvalue weighted by molar-refractivity contribution is 0.133. The molecule has 2 atom stereocenters. The van der Waals surface area contributed by atoms with Crippen molar-refractivity contribution in [1.82, 2.24) is 0 Å². The van der Waals surface area contributed by atoms with Crippen LogP contribution in [0.5, 0.6) is 5.75 Å². The van der Waals surface area contributed by atoms with Crippen LogP contribution in [0.15, 0.2) is 24.3 Å². The van der Waals surface area contributed by atoms with Crippen LogP contribution in [0.4, 0.5) is 0 Å². The number of hydrogen-bond donors (Lipinski definition) is 3. The standard InChI is InChI=1S/C13H21NO2/c1-13(2,3)12(14)8-11(16)9-5-4-6-10(15)7-9/h4-7,11-12,15-16H,8,14H2,1-3H3/t11-,12+/m0/s1. The molecule has 0 aromatic heterocycles. The van der Waals surface area contributed by atoms with E-state index in [0.29, 0.717) is 12.0 Å². The van der Waals surface area contributed by atoms with E-state index in [-0.39, 0.29) is 17.2 Å². The maximum Gasteiger partial charge on any atom is 0.115 e. The van der Waals surface area contributed by atoms with Crippen LogP contribution < -0.4 is 5.73 Å². The summed E-state index contributed by atoms with van der Waals surface area (Å²) in [5.74, 6) is 0.167. The van der Waals surface area contributed by atoms with Gasteiger partial charge in [-0.25, -0.2) is 0 Å². The average molecular weight is 223 g/mol. The van der Waals surface area contributed by atoms with Crippen molar-refractivity contribution < 1.29 is 10.2 Å². The number of phenols is 1. The monoisotopic (exact) mass is 223 g/mol. The van der Waals surface area contributed by atoms with Gasteiger partial charge < -0.3 is 15.9 Å². The quantitative estimate of drug-likeness (QED) is 0.736. The molecule has 3 heteroatoms. The van der Waals surface area contributed by atoms with Crippen molar-refractivity contribution >= 4 is 0 Å². The summed E-state index contributed by atoms with van der Waals surface area (Å²) < 4.78 is 0. The minimum atomic E-state index is -0.624. The Morgan fingerprint density at radius 2 is 1.94 bits per heavy atom. The lowest BCUT2D eigenvalue weighted by Crippen LogP contribution is -2.36. The fourth-order valence-electron chi connectivity index (χ4n) is 1.46. The maximum absolute atomic E-state index is 9.99. The molecule has 0 bridgehead atoms. The highest BCUT2D eigenvalue weighted by Crippen LogP contribution is 2.27. The van der Waals surface area contributed by atoms with Crippen LogP contribution in [0.3, 0.4) is 0 Å². The Hall–Kier alpha value is -1.06. The van der Waals surface area contributed by atoms with Gasteiger partial charge in [0, 0.05) is 6.04 Å². The Morgan fingerprint density at radius 3 is 2.44 bits per heavy atom. The molecule has 0 saturated heterocycles. The largest absolute Gasteiger partial charge is 0.508 e. The van der Waals surface area contributed by atoms with Crippen LogP contribution in [0, 0.1) is 5.41 Å². The highest BCUT2D eigenvalue weighted by atomic mass is 16.3. The van der Waals surface area contributed by atoms with Crippen LogP contribution in [0.25, 0.3) is 0 Å². The van der Waals surface area contributed by atoms with E-state index < -0.39 is 6.10 Å². The van der Waals surface area contributed by atoms with E-state index in [1.807, 2.05) is 20.8 Å². The summed E-state index contributed by atoms with van der Waals surface area (Å²) in [5, 5.41) is 19.3. The van der Waals surface area contributed by atoms with Crippen molar-refractivity contribution in [3.63, 3.8) is 0 Å². The first kappa shape index (κ1) is 13.0. The Bertz CT molecular complexity index is 344. The molecule has 0 aliphatic carbocycles. The van der Waals surface area contributed by atoms with Gasteiger partial charge in [0.25, 0.3) is 0 Å². The van der Waals surface area contributed by atoms with Gasteiger partial charge in [0.1, 0.15) is 5.75 Å². The van der Waals surface area contributed by atoms with Crippen LogP contribution in [0.1, 0.15) is 38.9 Å². The number of benzene rings is 1. The molecular weight excluding hydrogens is 202 g/mol. The molecule has 0 saturated carbocycles. The van der Waals surface area contributed by atoms with E-state index >= 15 is 0 Å². The molecule has 0 aliphatic heterocycles. The number of aliphatic hydroxyl groups is 1. The van der Waals surface area contributed by atoms with Gasteiger partial charge in [-0.2, -0.15) is 0 Å². The molecule has 0 heterocycles. The number of nitrogens with two attached hydrogens (primary N) is 1. The molecule has 4 N–H and O–H groups in total. The molecule has 0 aliphatic rings. The second-order valence-corrected chi connectivity index (χ2v) is 5.32. The van der Waals surface area contributed by atoms with Gasteiger partial charge in [-0.1, -0.05) is 32.9 Å². The summed E-state index contributed by atoms with van der Waals surface area (Å²) in [6.07, 6.45) is -0.131. The van der Waals surface area contributed by atoms with Gasteiger partial charge in [0.15, 0.2) is 0 Å². The zero-order valence-electron chi connectivity index (χ0n) is 10.1. The molecule has 0 unspecified atom stereocenters. The second kappa shape index (κ2) is 4.85. The Kier molecular flexibility index (Phi) is 3.94. The Balaban J connectivity index is 2.69. The number of phenolic OH excluding ortho intramolecular Hbond substituents is 1. The Labute approximate surface area is 96.9 Å². The molecule has 3 nitrogen and oxygen atoms in total. The second-order valence-electron chi connectivity index (χ2n) is 5.32. The zero-order valence-corrected chi connectivity index (χ0v) is 10.1. The first-order valence-electron chi connectivity index (χ1n) is 5.53. The normalized spacial score (nSPS) is 15.8. The summed E-state index contributed by atoms with van der Waals surface area (Å²) in [6.45, 7) is 6.15.